The molecule has 26 heavy (non-hydrogen) atoms. The van der Waals surface area contributed by atoms with E-state index >= 15 is 0 Å². The summed E-state index contributed by atoms with van der Waals surface area (Å²) in [4.78, 5) is 27.0. The second-order valence-corrected chi connectivity index (χ2v) is 7.13. The van der Waals surface area contributed by atoms with E-state index < -0.39 is 17.7 Å². The maximum atomic E-state index is 12.5. The van der Waals surface area contributed by atoms with Gasteiger partial charge in [0.2, 0.25) is 0 Å². The highest BCUT2D eigenvalue weighted by molar-refractivity contribution is 9.12. The summed E-state index contributed by atoms with van der Waals surface area (Å²) in [5, 5.41) is 4.18. The smallest absolute Gasteiger partial charge is 0.419 e. The number of carbonyl (C=O) groups is 2. The average Bonchev–Trinajstić information content (AvgIpc) is 2.92. The van der Waals surface area contributed by atoms with Gasteiger partial charge in [0.25, 0.3) is 0 Å². The minimum absolute atomic E-state index is 0.152. The van der Waals surface area contributed by atoms with E-state index in [2.05, 4.69) is 30.7 Å². The Labute approximate surface area is 158 Å². The third-order valence-corrected chi connectivity index (χ3v) is 3.79. The molecule has 1 heterocycles. The zero-order chi connectivity index (χ0) is 19.5. The van der Waals surface area contributed by atoms with Crippen LogP contribution in [0.5, 0.6) is 0 Å². The van der Waals surface area contributed by atoms with Gasteiger partial charge in [0.15, 0.2) is 0 Å². The zero-order valence-electron chi connectivity index (χ0n) is 14.7. The first-order valence-corrected chi connectivity index (χ1v) is 8.35. The van der Waals surface area contributed by atoms with Crippen molar-refractivity contribution in [3.8, 4) is 0 Å². The van der Waals surface area contributed by atoms with Crippen molar-refractivity contribution < 1.29 is 19.1 Å². The van der Waals surface area contributed by atoms with Crippen molar-refractivity contribution in [1.29, 1.82) is 0 Å². The topological polar surface area (TPSA) is 106 Å². The highest BCUT2D eigenvalue weighted by Gasteiger charge is 2.21. The molecule has 136 valence electrons. The number of hydrogen-bond acceptors (Lipinski definition) is 5. The van der Waals surface area contributed by atoms with E-state index in [-0.39, 0.29) is 4.48 Å². The van der Waals surface area contributed by atoms with Gasteiger partial charge in [0, 0.05) is 27.7 Å². The Hall–Kier alpha value is -2.77. The Morgan fingerprint density at radius 1 is 1.35 bits per heavy atom. The minimum Gasteiger partial charge on any atom is -0.465 e. The van der Waals surface area contributed by atoms with Gasteiger partial charge >= 0.3 is 12.1 Å². The van der Waals surface area contributed by atoms with Crippen LogP contribution in [-0.4, -0.2) is 29.3 Å². The molecule has 0 bridgehead atoms. The highest BCUT2D eigenvalue weighted by atomic mass is 79.9. The number of aromatic nitrogens is 1. The number of benzene rings is 1. The molecule has 8 nitrogen and oxygen atoms in total. The van der Waals surface area contributed by atoms with Crippen LogP contribution in [0.3, 0.4) is 0 Å². The van der Waals surface area contributed by atoms with E-state index in [1.54, 1.807) is 39.0 Å². The number of hydrogen-bond donors (Lipinski definition) is 0. The summed E-state index contributed by atoms with van der Waals surface area (Å²) in [6.07, 6.45) is 2.42. The molecule has 0 aliphatic rings. The Morgan fingerprint density at radius 2 is 2.04 bits per heavy atom. The second-order valence-electron chi connectivity index (χ2n) is 6.28. The standard InChI is InChI=1S/C17H17BrN4O4/c1-17(2,3)26-16(24)22-9-10(8-11(18)15(23)25-4)14-12(20-21-19)6-5-7-13(14)22/h5-9H,1-4H3/b11-8-. The molecule has 0 amide bonds. The molecule has 1 aromatic heterocycles. The SMILES string of the molecule is COC(=O)/C(Br)=C/c1cn(C(=O)OC(C)(C)C)c2cccc(N=[N+]=[N-])c12. The van der Waals surface area contributed by atoms with Crippen LogP contribution in [-0.2, 0) is 14.3 Å². The summed E-state index contributed by atoms with van der Waals surface area (Å²) in [6.45, 7) is 5.28. The molecule has 1 aromatic carbocycles. The van der Waals surface area contributed by atoms with Gasteiger partial charge in [0.1, 0.15) is 10.1 Å². The lowest BCUT2D eigenvalue weighted by Crippen LogP contribution is -2.26. The largest absolute Gasteiger partial charge is 0.465 e. The molecule has 0 spiro atoms. The fourth-order valence-corrected chi connectivity index (χ4v) is 2.70. The first kappa shape index (κ1) is 19.6. The number of ether oxygens (including phenoxy) is 2. The van der Waals surface area contributed by atoms with E-state index in [9.17, 15) is 9.59 Å². The molecule has 0 radical (unpaired) electrons. The summed E-state index contributed by atoms with van der Waals surface area (Å²) in [5.41, 5.74) is 9.43. The van der Waals surface area contributed by atoms with Gasteiger partial charge in [-0.05, 0) is 54.4 Å². The van der Waals surface area contributed by atoms with Crippen molar-refractivity contribution >= 4 is 50.7 Å². The fourth-order valence-electron chi connectivity index (χ4n) is 2.29. The van der Waals surface area contributed by atoms with E-state index in [1.165, 1.54) is 23.9 Å². The van der Waals surface area contributed by atoms with Gasteiger partial charge < -0.3 is 9.47 Å². The van der Waals surface area contributed by atoms with Crippen LogP contribution >= 0.6 is 15.9 Å². The predicted molar refractivity (Wildman–Crippen MR) is 101 cm³/mol. The van der Waals surface area contributed by atoms with Crippen molar-refractivity contribution in [2.24, 2.45) is 5.11 Å². The van der Waals surface area contributed by atoms with Gasteiger partial charge in [-0.15, -0.1) is 0 Å². The van der Waals surface area contributed by atoms with E-state index in [1.807, 2.05) is 0 Å². The molecule has 0 unspecified atom stereocenters. The van der Waals surface area contributed by atoms with Crippen LogP contribution in [0.25, 0.3) is 27.4 Å². The van der Waals surface area contributed by atoms with Crippen LogP contribution in [0.15, 0.2) is 34.0 Å². The lowest BCUT2D eigenvalue weighted by atomic mass is 10.1. The van der Waals surface area contributed by atoms with Crippen LogP contribution in [0.1, 0.15) is 26.3 Å². The minimum atomic E-state index is -0.682. The number of rotatable bonds is 3. The summed E-state index contributed by atoms with van der Waals surface area (Å²) < 4.78 is 11.5. The Balaban J connectivity index is 2.73. The Kier molecular flexibility index (Phi) is 5.74. The molecule has 0 saturated carbocycles. The van der Waals surface area contributed by atoms with Crippen molar-refractivity contribution in [2.45, 2.75) is 26.4 Å². The Bertz CT molecular complexity index is 950. The summed E-state index contributed by atoms with van der Waals surface area (Å²) in [6, 6.07) is 4.97. The van der Waals surface area contributed by atoms with Crippen molar-refractivity contribution in [3.63, 3.8) is 0 Å². The van der Waals surface area contributed by atoms with Crippen LogP contribution in [0, 0.1) is 0 Å². The summed E-state index contributed by atoms with van der Waals surface area (Å²) in [5.74, 6) is -0.579. The molecule has 0 aliphatic heterocycles. The van der Waals surface area contributed by atoms with Gasteiger partial charge in [-0.25, -0.2) is 9.59 Å². The zero-order valence-corrected chi connectivity index (χ0v) is 16.3. The molecule has 0 atom stereocenters. The highest BCUT2D eigenvalue weighted by Crippen LogP contribution is 2.33. The molecular formula is C17H17BrN4O4. The third-order valence-electron chi connectivity index (χ3n) is 3.24. The molecular weight excluding hydrogens is 404 g/mol. The summed E-state index contributed by atoms with van der Waals surface area (Å²) in [7, 11) is 1.26. The van der Waals surface area contributed by atoms with Gasteiger partial charge in [-0.2, -0.15) is 0 Å². The van der Waals surface area contributed by atoms with Crippen molar-refractivity contribution in [2.75, 3.05) is 7.11 Å². The fraction of sp³-hybridized carbons (Fsp3) is 0.294. The van der Waals surface area contributed by atoms with E-state index in [0.717, 1.165) is 0 Å². The molecule has 0 saturated heterocycles. The maximum absolute atomic E-state index is 12.5. The number of nitrogens with zero attached hydrogens (tertiary/aromatic N) is 4. The Morgan fingerprint density at radius 3 is 2.62 bits per heavy atom. The van der Waals surface area contributed by atoms with E-state index in [4.69, 9.17) is 10.3 Å². The lowest BCUT2D eigenvalue weighted by molar-refractivity contribution is -0.135. The van der Waals surface area contributed by atoms with Gasteiger partial charge in [-0.3, -0.25) is 4.57 Å². The van der Waals surface area contributed by atoms with Crippen LogP contribution < -0.4 is 0 Å². The first-order valence-electron chi connectivity index (χ1n) is 7.56. The molecule has 0 aliphatic carbocycles. The normalized spacial score (nSPS) is 11.8. The third kappa shape index (κ3) is 4.25. The second kappa shape index (κ2) is 7.63. The molecule has 0 N–H and O–H groups in total. The number of carbonyl (C=O) groups excluding carboxylic acids is 2. The molecule has 9 heteroatoms. The summed E-state index contributed by atoms with van der Waals surface area (Å²) >= 11 is 3.14. The lowest BCUT2D eigenvalue weighted by Gasteiger charge is -2.19. The molecule has 2 rings (SSSR count). The number of halogens is 1. The maximum Gasteiger partial charge on any atom is 0.419 e. The monoisotopic (exact) mass is 420 g/mol. The quantitative estimate of drug-likeness (QED) is 0.221. The number of azide groups is 1. The van der Waals surface area contributed by atoms with Crippen molar-refractivity contribution in [3.05, 3.63) is 44.9 Å². The number of fused-ring (bicyclic) bond motifs is 1. The predicted octanol–water partition coefficient (Wildman–Crippen LogP) is 5.28. The van der Waals surface area contributed by atoms with Gasteiger partial charge in [0.05, 0.1) is 12.6 Å². The number of esters is 1. The van der Waals surface area contributed by atoms with Crippen LogP contribution in [0.2, 0.25) is 0 Å². The molecule has 0 fully saturated rings. The number of methoxy groups -OCH3 is 1. The molecule has 2 aromatic rings. The van der Waals surface area contributed by atoms with E-state index in [0.29, 0.717) is 22.2 Å². The van der Waals surface area contributed by atoms with Crippen molar-refractivity contribution in [1.82, 2.24) is 4.57 Å². The van der Waals surface area contributed by atoms with Gasteiger partial charge in [-0.1, -0.05) is 17.2 Å². The average molecular weight is 421 g/mol. The van der Waals surface area contributed by atoms with Crippen LogP contribution in [0.4, 0.5) is 10.5 Å². The first-order chi connectivity index (χ1) is 12.2.